The molecule has 0 bridgehead atoms. The number of hydrogen-bond acceptors (Lipinski definition) is 0. The average Bonchev–Trinajstić information content (AvgIpc) is 1.65. The molecule has 0 aromatic rings. The zero-order valence-corrected chi connectivity index (χ0v) is 7.50. The van der Waals surface area contributed by atoms with Crippen molar-refractivity contribution in [1.82, 2.24) is 0 Å². The van der Waals surface area contributed by atoms with Gasteiger partial charge in [0.1, 0.15) is 0 Å². The fourth-order valence-corrected chi connectivity index (χ4v) is 3.38. The lowest BCUT2D eigenvalue weighted by Crippen LogP contribution is -2.21. The molecule has 0 heterocycles. The van der Waals surface area contributed by atoms with Gasteiger partial charge in [0.15, 0.2) is 0 Å². The van der Waals surface area contributed by atoms with Gasteiger partial charge in [0.2, 0.25) is 0 Å². The van der Waals surface area contributed by atoms with Gasteiger partial charge in [-0.1, -0.05) is 19.6 Å². The van der Waals surface area contributed by atoms with Crippen molar-refractivity contribution in [3.05, 3.63) is 0 Å². The summed E-state index contributed by atoms with van der Waals surface area (Å²) in [5.41, 5.74) is 0. The predicted octanol–water partition coefficient (Wildman–Crippen LogP) is 0.609. The lowest BCUT2D eigenvalue weighted by atomic mass is 11.9. The van der Waals surface area contributed by atoms with Gasteiger partial charge in [0.25, 0.3) is 0 Å². The summed E-state index contributed by atoms with van der Waals surface area (Å²) in [4.78, 5) is 0. The van der Waals surface area contributed by atoms with E-state index in [0.717, 1.165) is 0 Å². The highest BCUT2D eigenvalue weighted by molar-refractivity contribution is 7.38. The van der Waals surface area contributed by atoms with E-state index in [4.69, 9.17) is 0 Å². The van der Waals surface area contributed by atoms with Crippen LogP contribution in [0.2, 0.25) is 19.6 Å². The van der Waals surface area contributed by atoms with Crippen LogP contribution in [0.3, 0.4) is 0 Å². The van der Waals surface area contributed by atoms with E-state index in [1.165, 1.54) is 18.1 Å². The first-order valence-corrected chi connectivity index (χ1v) is 9.00. The Labute approximate surface area is 46.2 Å². The van der Waals surface area contributed by atoms with E-state index in [0.29, 0.717) is 0 Å². The fourth-order valence-electron chi connectivity index (χ4n) is 0.125. The van der Waals surface area contributed by atoms with Crippen LogP contribution in [0.25, 0.3) is 0 Å². The Bertz CT molecular complexity index is 25.2. The largest absolute Gasteiger partial charge is 0.0759 e. The highest BCUT2D eigenvalue weighted by atomic mass is 29.6. The molecule has 0 atom stereocenters. The van der Waals surface area contributed by atoms with Crippen LogP contribution in [0.4, 0.5) is 0 Å². The Balaban J connectivity index is 2.75. The number of rotatable bonds is 2. The molecule has 6 heavy (non-hydrogen) atoms. The molecule has 0 aliphatic carbocycles. The Morgan fingerprint density at radius 3 is 1.50 bits per heavy atom. The lowest BCUT2D eigenvalue weighted by Gasteiger charge is -1.93. The molecular weight excluding hydrogens is 120 g/mol. The molecule has 0 amide bonds. The summed E-state index contributed by atoms with van der Waals surface area (Å²) in [6, 6.07) is 0. The van der Waals surface area contributed by atoms with Crippen molar-refractivity contribution in [3.8, 4) is 0 Å². The Hall–Kier alpha value is 0.651. The van der Waals surface area contributed by atoms with Crippen LogP contribution in [0.15, 0.2) is 0 Å². The van der Waals surface area contributed by atoms with E-state index in [2.05, 4.69) is 19.6 Å². The van der Waals surface area contributed by atoms with Crippen LogP contribution >= 0.6 is 0 Å². The Kier molecular flexibility index (Phi) is 4.24. The predicted molar refractivity (Wildman–Crippen MR) is 34.9 cm³/mol. The molecule has 0 aliphatic heterocycles. The molecular formula is C3H9Si3. The van der Waals surface area contributed by atoms with Gasteiger partial charge < -0.3 is 0 Å². The minimum absolute atomic E-state index is 0.187. The van der Waals surface area contributed by atoms with Gasteiger partial charge in [-0.3, -0.25) is 0 Å². The second kappa shape index (κ2) is 3.83. The Morgan fingerprint density at radius 1 is 1.17 bits per heavy atom. The van der Waals surface area contributed by atoms with Crippen LogP contribution in [0.5, 0.6) is 0 Å². The molecule has 0 spiro atoms. The third kappa shape index (κ3) is 2.87. The summed E-state index contributed by atoms with van der Waals surface area (Å²) >= 11 is 0. The van der Waals surface area contributed by atoms with Gasteiger partial charge in [-0.2, -0.15) is 0 Å². The van der Waals surface area contributed by atoms with Crippen molar-refractivity contribution >= 4 is 25.9 Å². The zero-order chi connectivity index (χ0) is 4.99. The summed E-state index contributed by atoms with van der Waals surface area (Å²) in [6.07, 6.45) is 0. The molecule has 0 saturated carbocycles. The highest BCUT2D eigenvalue weighted by Gasteiger charge is 1.93. The second-order valence-corrected chi connectivity index (χ2v) is 12.4. The van der Waals surface area contributed by atoms with Crippen molar-refractivity contribution in [2.24, 2.45) is 0 Å². The molecule has 5 radical (unpaired) electrons. The molecule has 0 rings (SSSR count). The maximum atomic E-state index is 2.40. The standard InChI is InChI=1S/C3H9Si3/c1-4-6(3)5-2/h1-3H3. The van der Waals surface area contributed by atoms with Crippen molar-refractivity contribution in [2.45, 2.75) is 19.6 Å². The van der Waals surface area contributed by atoms with Gasteiger partial charge in [-0.15, -0.1) is 0 Å². The van der Waals surface area contributed by atoms with E-state index in [1.807, 2.05) is 0 Å². The monoisotopic (exact) mass is 129 g/mol. The quantitative estimate of drug-likeness (QED) is 0.479. The maximum absolute atomic E-state index is 2.40. The van der Waals surface area contributed by atoms with Gasteiger partial charge in [-0.05, 0) is 0 Å². The van der Waals surface area contributed by atoms with Crippen molar-refractivity contribution < 1.29 is 0 Å². The van der Waals surface area contributed by atoms with E-state index >= 15 is 0 Å². The van der Waals surface area contributed by atoms with Gasteiger partial charge >= 0.3 is 0 Å². The first-order chi connectivity index (χ1) is 2.81. The summed E-state index contributed by atoms with van der Waals surface area (Å²) < 4.78 is 0. The highest BCUT2D eigenvalue weighted by Crippen LogP contribution is 1.71. The lowest BCUT2D eigenvalue weighted by molar-refractivity contribution is 2.22. The SMILES string of the molecule is C[Si][Si](C)[Si]C. The molecule has 0 aliphatic rings. The molecule has 0 saturated heterocycles. The molecule has 0 unspecified atom stereocenters. The van der Waals surface area contributed by atoms with Crippen LogP contribution in [-0.2, 0) is 0 Å². The molecule has 33 valence electrons. The first kappa shape index (κ1) is 6.65. The first-order valence-electron chi connectivity index (χ1n) is 2.00. The normalized spacial score (nSPS) is 10.0. The van der Waals surface area contributed by atoms with Crippen LogP contribution in [-0.4, -0.2) is 25.9 Å². The topological polar surface area (TPSA) is 0 Å². The van der Waals surface area contributed by atoms with Crippen LogP contribution < -0.4 is 0 Å². The molecule has 3 heteroatoms. The van der Waals surface area contributed by atoms with E-state index < -0.39 is 0 Å². The minimum Gasteiger partial charge on any atom is -0.0759 e. The van der Waals surface area contributed by atoms with E-state index in [9.17, 15) is 0 Å². The molecule has 0 aromatic carbocycles. The third-order valence-electron chi connectivity index (χ3n) is 0.750. The smallest absolute Gasteiger partial charge is 0.0184 e. The summed E-state index contributed by atoms with van der Waals surface area (Å²) in [6.45, 7) is 7.02. The molecule has 0 N–H and O–H groups in total. The van der Waals surface area contributed by atoms with Crippen molar-refractivity contribution in [3.63, 3.8) is 0 Å². The van der Waals surface area contributed by atoms with Crippen molar-refractivity contribution in [2.75, 3.05) is 0 Å². The molecule has 0 fully saturated rings. The molecule has 0 nitrogen and oxygen atoms in total. The fraction of sp³-hybridized carbons (Fsp3) is 1.00. The Morgan fingerprint density at radius 2 is 1.50 bits per heavy atom. The average molecular weight is 129 g/mol. The van der Waals surface area contributed by atoms with Gasteiger partial charge in [-0.25, -0.2) is 0 Å². The van der Waals surface area contributed by atoms with Gasteiger partial charge in [0.05, 0.1) is 0 Å². The summed E-state index contributed by atoms with van der Waals surface area (Å²) in [7, 11) is 2.68. The van der Waals surface area contributed by atoms with Crippen molar-refractivity contribution in [1.29, 1.82) is 0 Å². The summed E-state index contributed by atoms with van der Waals surface area (Å²) in [5.74, 6) is 0. The second-order valence-electron chi connectivity index (χ2n) is 1.12. The van der Waals surface area contributed by atoms with Crippen LogP contribution in [0, 0.1) is 0 Å². The summed E-state index contributed by atoms with van der Waals surface area (Å²) in [5, 5.41) is 0. The zero-order valence-electron chi connectivity index (χ0n) is 4.50. The minimum atomic E-state index is 0.187. The third-order valence-corrected chi connectivity index (χ3v) is 11.2. The van der Waals surface area contributed by atoms with Crippen LogP contribution in [0.1, 0.15) is 0 Å². The van der Waals surface area contributed by atoms with Gasteiger partial charge in [0, 0.05) is 25.9 Å². The van der Waals surface area contributed by atoms with E-state index in [1.54, 1.807) is 0 Å². The van der Waals surface area contributed by atoms with E-state index in [-0.39, 0.29) is 7.83 Å². The maximum Gasteiger partial charge on any atom is 0.0184 e. The molecule has 0 aromatic heterocycles. The number of hydrogen-bond donors (Lipinski definition) is 0.